The number of aromatic amines is 1. The molecule has 0 bridgehead atoms. The first-order valence-corrected chi connectivity index (χ1v) is 10.3. The van der Waals surface area contributed by atoms with Crippen LogP contribution in [0.3, 0.4) is 0 Å². The average Bonchev–Trinajstić information content (AvgIpc) is 3.39. The molecule has 3 rings (SSSR count). The second-order valence-corrected chi connectivity index (χ2v) is 7.54. The molecule has 1 aliphatic heterocycles. The first kappa shape index (κ1) is 21.7. The Morgan fingerprint density at radius 3 is 3.00 bits per heavy atom. The molecule has 2 aromatic rings. The number of imidazole rings is 1. The van der Waals surface area contributed by atoms with Gasteiger partial charge in [0.05, 0.1) is 17.9 Å². The van der Waals surface area contributed by atoms with Crippen LogP contribution in [0.4, 0.5) is 4.39 Å². The molecular formula is C24H29FN4O. The standard InChI is InChI=1S/C24H29FN4O/c1-3-8-17(9-4-2)21-16-27-24(28-21)22-12-7-13-29(22)23(30)15-19(26)14-18-10-5-6-11-20(18)25/h3-6,8-11,16,19,22H,1,7,12-15,26H2,2H3,(H,27,28)/b9-4-,17-8+/t19-,22+/m1/s1. The Morgan fingerprint density at radius 2 is 2.27 bits per heavy atom. The molecule has 0 aliphatic carbocycles. The van der Waals surface area contributed by atoms with E-state index in [0.29, 0.717) is 18.5 Å². The smallest absolute Gasteiger partial charge is 0.224 e. The highest BCUT2D eigenvalue weighted by atomic mass is 19.1. The minimum Gasteiger partial charge on any atom is -0.340 e. The van der Waals surface area contributed by atoms with Crippen LogP contribution in [0.25, 0.3) is 5.57 Å². The van der Waals surface area contributed by atoms with Gasteiger partial charge in [0.25, 0.3) is 0 Å². The summed E-state index contributed by atoms with van der Waals surface area (Å²) in [4.78, 5) is 22.7. The SMILES string of the molecule is C=C/C=C(\C=C/C)c1cnc([C@@H]2CCCN2C(=O)C[C@H](N)Cc2ccccc2F)[nH]1. The van der Waals surface area contributed by atoms with Gasteiger partial charge in [0.15, 0.2) is 0 Å². The summed E-state index contributed by atoms with van der Waals surface area (Å²) in [5.41, 5.74) is 8.58. The van der Waals surface area contributed by atoms with Crippen LogP contribution < -0.4 is 5.73 Å². The van der Waals surface area contributed by atoms with E-state index in [2.05, 4.69) is 16.5 Å². The van der Waals surface area contributed by atoms with Crippen molar-refractivity contribution in [1.82, 2.24) is 14.9 Å². The predicted octanol–water partition coefficient (Wildman–Crippen LogP) is 4.32. The highest BCUT2D eigenvalue weighted by Gasteiger charge is 2.32. The van der Waals surface area contributed by atoms with Gasteiger partial charge in [0.1, 0.15) is 11.6 Å². The number of halogens is 1. The quantitative estimate of drug-likeness (QED) is 0.639. The van der Waals surface area contributed by atoms with E-state index in [1.54, 1.807) is 30.5 Å². The Kier molecular flexibility index (Phi) is 7.36. The van der Waals surface area contributed by atoms with Crippen molar-refractivity contribution in [3.8, 4) is 0 Å². The lowest BCUT2D eigenvalue weighted by Crippen LogP contribution is -2.36. The third-order valence-electron chi connectivity index (χ3n) is 5.32. The fraction of sp³-hybridized carbons (Fsp3) is 0.333. The number of H-pyrrole nitrogens is 1. The molecule has 1 saturated heterocycles. The van der Waals surface area contributed by atoms with Gasteiger partial charge in [-0.15, -0.1) is 0 Å². The monoisotopic (exact) mass is 408 g/mol. The fourth-order valence-corrected chi connectivity index (χ4v) is 3.90. The number of likely N-dealkylation sites (tertiary alicyclic amines) is 1. The van der Waals surface area contributed by atoms with Crippen molar-refractivity contribution >= 4 is 11.5 Å². The summed E-state index contributed by atoms with van der Waals surface area (Å²) >= 11 is 0. The largest absolute Gasteiger partial charge is 0.340 e. The minimum atomic E-state index is -0.431. The molecule has 0 radical (unpaired) electrons. The molecule has 2 heterocycles. The normalized spacial score (nSPS) is 18.2. The molecule has 6 heteroatoms. The molecule has 1 fully saturated rings. The molecular weight excluding hydrogens is 379 g/mol. The molecule has 1 aliphatic rings. The Bertz CT molecular complexity index is 946. The molecule has 0 unspecified atom stereocenters. The van der Waals surface area contributed by atoms with Crippen molar-refractivity contribution < 1.29 is 9.18 Å². The molecule has 5 nitrogen and oxygen atoms in total. The Hall–Kier alpha value is -2.99. The Labute approximate surface area is 177 Å². The van der Waals surface area contributed by atoms with E-state index in [1.165, 1.54) is 6.07 Å². The summed E-state index contributed by atoms with van der Waals surface area (Å²) in [5.74, 6) is 0.472. The van der Waals surface area contributed by atoms with Crippen molar-refractivity contribution in [3.05, 3.63) is 84.2 Å². The topological polar surface area (TPSA) is 75.0 Å². The van der Waals surface area contributed by atoms with Crippen LogP contribution >= 0.6 is 0 Å². The average molecular weight is 409 g/mol. The molecule has 0 spiro atoms. The van der Waals surface area contributed by atoms with Crippen LogP contribution in [0.15, 0.2) is 61.3 Å². The van der Waals surface area contributed by atoms with Gasteiger partial charge in [-0.25, -0.2) is 9.37 Å². The van der Waals surface area contributed by atoms with Crippen molar-refractivity contribution in [3.63, 3.8) is 0 Å². The predicted molar refractivity (Wildman–Crippen MR) is 118 cm³/mol. The van der Waals surface area contributed by atoms with Crippen LogP contribution in [-0.4, -0.2) is 33.4 Å². The number of carbonyl (C=O) groups excluding carboxylic acids is 1. The first-order valence-electron chi connectivity index (χ1n) is 10.3. The number of benzene rings is 1. The maximum Gasteiger partial charge on any atom is 0.224 e. The van der Waals surface area contributed by atoms with Crippen LogP contribution in [0.1, 0.15) is 49.3 Å². The maximum absolute atomic E-state index is 13.9. The summed E-state index contributed by atoms with van der Waals surface area (Å²) in [6, 6.07) is 6.02. The zero-order valence-corrected chi connectivity index (χ0v) is 17.4. The summed E-state index contributed by atoms with van der Waals surface area (Å²) in [6.07, 6.45) is 11.7. The molecule has 158 valence electrons. The van der Waals surface area contributed by atoms with Gasteiger partial charge in [-0.05, 0) is 43.4 Å². The summed E-state index contributed by atoms with van der Waals surface area (Å²) in [6.45, 7) is 6.39. The third kappa shape index (κ3) is 5.13. The zero-order chi connectivity index (χ0) is 21.5. The van der Waals surface area contributed by atoms with Crippen molar-refractivity contribution in [2.24, 2.45) is 5.73 Å². The number of allylic oxidation sites excluding steroid dienone is 5. The number of nitrogens with zero attached hydrogens (tertiary/aromatic N) is 2. The molecule has 30 heavy (non-hydrogen) atoms. The zero-order valence-electron chi connectivity index (χ0n) is 17.4. The van der Waals surface area contributed by atoms with Gasteiger partial charge in [-0.1, -0.05) is 49.1 Å². The number of nitrogens with one attached hydrogen (secondary N) is 1. The summed E-state index contributed by atoms with van der Waals surface area (Å²) in [5, 5.41) is 0. The molecule has 2 atom stereocenters. The van der Waals surface area contributed by atoms with Gasteiger partial charge in [-0.2, -0.15) is 0 Å². The second kappa shape index (κ2) is 10.2. The number of rotatable bonds is 8. The summed E-state index contributed by atoms with van der Waals surface area (Å²) in [7, 11) is 0. The lowest BCUT2D eigenvalue weighted by Gasteiger charge is -2.25. The highest BCUT2D eigenvalue weighted by molar-refractivity contribution is 5.78. The van der Waals surface area contributed by atoms with Crippen molar-refractivity contribution in [2.75, 3.05) is 6.54 Å². The number of hydrogen-bond donors (Lipinski definition) is 2. The maximum atomic E-state index is 13.9. The molecule has 1 amide bonds. The molecule has 1 aromatic heterocycles. The van der Waals surface area contributed by atoms with Crippen molar-refractivity contribution in [2.45, 2.75) is 44.7 Å². The third-order valence-corrected chi connectivity index (χ3v) is 5.32. The van der Waals surface area contributed by atoms with E-state index in [-0.39, 0.29) is 24.2 Å². The van der Waals surface area contributed by atoms with Crippen LogP contribution in [0.5, 0.6) is 0 Å². The van der Waals surface area contributed by atoms with E-state index in [9.17, 15) is 9.18 Å². The van der Waals surface area contributed by atoms with Crippen LogP contribution in [-0.2, 0) is 11.2 Å². The van der Waals surface area contributed by atoms with Gasteiger partial charge in [0.2, 0.25) is 5.91 Å². The Morgan fingerprint density at radius 1 is 1.47 bits per heavy atom. The van der Waals surface area contributed by atoms with Gasteiger partial charge in [0, 0.05) is 19.0 Å². The molecule has 3 N–H and O–H groups in total. The van der Waals surface area contributed by atoms with E-state index < -0.39 is 6.04 Å². The van der Waals surface area contributed by atoms with Gasteiger partial charge < -0.3 is 15.6 Å². The Balaban J connectivity index is 1.68. The van der Waals surface area contributed by atoms with Crippen LogP contribution in [0, 0.1) is 5.82 Å². The second-order valence-electron chi connectivity index (χ2n) is 7.54. The van der Waals surface area contributed by atoms with Gasteiger partial charge >= 0.3 is 0 Å². The van der Waals surface area contributed by atoms with E-state index in [0.717, 1.165) is 29.9 Å². The number of nitrogens with two attached hydrogens (primary N) is 1. The number of carbonyl (C=O) groups is 1. The number of aromatic nitrogens is 2. The van der Waals surface area contributed by atoms with E-state index in [1.807, 2.05) is 30.1 Å². The number of amides is 1. The van der Waals surface area contributed by atoms with Crippen molar-refractivity contribution in [1.29, 1.82) is 0 Å². The van der Waals surface area contributed by atoms with Gasteiger partial charge in [-0.3, -0.25) is 4.79 Å². The molecule has 1 aromatic carbocycles. The summed E-state index contributed by atoms with van der Waals surface area (Å²) < 4.78 is 13.9. The minimum absolute atomic E-state index is 0.0189. The first-order chi connectivity index (χ1) is 14.5. The fourth-order valence-electron chi connectivity index (χ4n) is 3.90. The van der Waals surface area contributed by atoms with E-state index in [4.69, 9.17) is 5.73 Å². The van der Waals surface area contributed by atoms with Crippen LogP contribution in [0.2, 0.25) is 0 Å². The lowest BCUT2D eigenvalue weighted by molar-refractivity contribution is -0.132. The molecule has 0 saturated carbocycles. The van der Waals surface area contributed by atoms with E-state index >= 15 is 0 Å². The lowest BCUT2D eigenvalue weighted by atomic mass is 10.0. The number of hydrogen-bond acceptors (Lipinski definition) is 3. The highest BCUT2D eigenvalue weighted by Crippen LogP contribution is 2.31.